The van der Waals surface area contributed by atoms with Gasteiger partial charge < -0.3 is 24.1 Å². The minimum Gasteiger partial charge on any atom is -0.493 e. The topological polar surface area (TPSA) is 57.2 Å². The molecule has 2 aliphatic rings. The Morgan fingerprint density at radius 1 is 1.39 bits per heavy atom. The van der Waals surface area contributed by atoms with Gasteiger partial charge in [-0.1, -0.05) is 0 Å². The minimum atomic E-state index is -0.559. The van der Waals surface area contributed by atoms with Crippen molar-refractivity contribution >= 4 is 0 Å². The molecule has 5 heteroatoms. The van der Waals surface area contributed by atoms with E-state index in [0.717, 1.165) is 12.0 Å². The van der Waals surface area contributed by atoms with Gasteiger partial charge in [-0.15, -0.1) is 0 Å². The molecule has 0 bridgehead atoms. The molecule has 5 nitrogen and oxygen atoms in total. The molecule has 0 aromatic heterocycles. The van der Waals surface area contributed by atoms with E-state index < -0.39 is 6.10 Å². The molecule has 0 spiro atoms. The monoisotopic (exact) mass is 252 g/mol. The van der Waals surface area contributed by atoms with E-state index in [1.165, 1.54) is 0 Å². The van der Waals surface area contributed by atoms with Gasteiger partial charge in [0.1, 0.15) is 0 Å². The van der Waals surface area contributed by atoms with Crippen LogP contribution in [-0.2, 0) is 4.74 Å². The van der Waals surface area contributed by atoms with Crippen molar-refractivity contribution in [2.45, 2.75) is 12.5 Å². The Kier molecular flexibility index (Phi) is 3.01. The maximum absolute atomic E-state index is 10.3. The third-order valence-electron chi connectivity index (χ3n) is 3.43. The molecule has 0 radical (unpaired) electrons. The Bertz CT molecular complexity index is 439. The third-order valence-corrected chi connectivity index (χ3v) is 3.43. The van der Waals surface area contributed by atoms with Gasteiger partial charge >= 0.3 is 0 Å². The molecule has 0 saturated carbocycles. The van der Waals surface area contributed by atoms with Crippen molar-refractivity contribution < 1.29 is 24.1 Å². The second-order valence-electron chi connectivity index (χ2n) is 4.53. The summed E-state index contributed by atoms with van der Waals surface area (Å²) in [5, 5.41) is 10.3. The Labute approximate surface area is 105 Å². The summed E-state index contributed by atoms with van der Waals surface area (Å²) in [5.41, 5.74) is 0.784. The van der Waals surface area contributed by atoms with Crippen LogP contribution >= 0.6 is 0 Å². The Balaban J connectivity index is 1.92. The summed E-state index contributed by atoms with van der Waals surface area (Å²) in [4.78, 5) is 0. The van der Waals surface area contributed by atoms with Crippen molar-refractivity contribution in [2.24, 2.45) is 5.92 Å². The SMILES string of the molecule is COc1cc(C(O)C2CCOC2)cc2c1OCO2. The lowest BCUT2D eigenvalue weighted by Crippen LogP contribution is -2.12. The van der Waals surface area contributed by atoms with Gasteiger partial charge in [-0.3, -0.25) is 0 Å². The van der Waals surface area contributed by atoms with Gasteiger partial charge in [0.05, 0.1) is 19.8 Å². The number of ether oxygens (including phenoxy) is 4. The summed E-state index contributed by atoms with van der Waals surface area (Å²) in [6.45, 7) is 1.50. The van der Waals surface area contributed by atoms with Gasteiger partial charge in [-0.05, 0) is 24.1 Å². The van der Waals surface area contributed by atoms with Crippen molar-refractivity contribution in [3.63, 3.8) is 0 Å². The number of hydrogen-bond acceptors (Lipinski definition) is 5. The molecule has 2 atom stereocenters. The van der Waals surface area contributed by atoms with Crippen molar-refractivity contribution in [1.82, 2.24) is 0 Å². The molecule has 2 unspecified atom stereocenters. The fourth-order valence-electron chi connectivity index (χ4n) is 2.39. The van der Waals surface area contributed by atoms with Crippen LogP contribution < -0.4 is 14.2 Å². The van der Waals surface area contributed by atoms with Gasteiger partial charge in [0.2, 0.25) is 12.5 Å². The van der Waals surface area contributed by atoms with Gasteiger partial charge in [0, 0.05) is 12.5 Å². The molecule has 18 heavy (non-hydrogen) atoms. The molecule has 1 fully saturated rings. The Morgan fingerprint density at radius 2 is 2.28 bits per heavy atom. The number of benzene rings is 1. The summed E-state index contributed by atoms with van der Waals surface area (Å²) in [7, 11) is 1.58. The van der Waals surface area contributed by atoms with E-state index in [0.29, 0.717) is 30.5 Å². The maximum atomic E-state index is 10.3. The second-order valence-corrected chi connectivity index (χ2v) is 4.53. The van der Waals surface area contributed by atoms with E-state index in [1.54, 1.807) is 13.2 Å². The molecule has 2 heterocycles. The zero-order valence-electron chi connectivity index (χ0n) is 10.2. The van der Waals surface area contributed by atoms with Crippen LogP contribution in [0.2, 0.25) is 0 Å². The van der Waals surface area contributed by atoms with Crippen molar-refractivity contribution in [1.29, 1.82) is 0 Å². The Hall–Kier alpha value is -1.46. The summed E-state index contributed by atoms with van der Waals surface area (Å²) in [6.07, 6.45) is 0.314. The number of hydrogen-bond donors (Lipinski definition) is 1. The standard InChI is InChI=1S/C13H16O5/c1-15-10-4-9(5-11-13(10)18-7-17-11)12(14)8-2-3-16-6-8/h4-5,8,12,14H,2-3,6-7H2,1H3. The average molecular weight is 252 g/mol. The number of rotatable bonds is 3. The van der Waals surface area contributed by atoms with E-state index in [1.807, 2.05) is 6.07 Å². The molecule has 1 aromatic rings. The van der Waals surface area contributed by atoms with E-state index >= 15 is 0 Å². The van der Waals surface area contributed by atoms with Gasteiger partial charge in [0.15, 0.2) is 11.5 Å². The van der Waals surface area contributed by atoms with Crippen molar-refractivity contribution in [2.75, 3.05) is 27.1 Å². The number of methoxy groups -OCH3 is 1. The molecule has 0 amide bonds. The first-order valence-electron chi connectivity index (χ1n) is 6.03. The first-order valence-corrected chi connectivity index (χ1v) is 6.03. The van der Waals surface area contributed by atoms with Crippen molar-refractivity contribution in [3.05, 3.63) is 17.7 Å². The van der Waals surface area contributed by atoms with Crippen LogP contribution in [0, 0.1) is 5.92 Å². The number of aliphatic hydroxyl groups excluding tert-OH is 1. The molecule has 1 N–H and O–H groups in total. The van der Waals surface area contributed by atoms with Crippen LogP contribution in [0.3, 0.4) is 0 Å². The van der Waals surface area contributed by atoms with Crippen LogP contribution in [0.5, 0.6) is 17.2 Å². The number of fused-ring (bicyclic) bond motifs is 1. The fourth-order valence-corrected chi connectivity index (χ4v) is 2.39. The summed E-state index contributed by atoms with van der Waals surface area (Å²) in [5.74, 6) is 1.96. The molecule has 3 rings (SSSR count). The number of aliphatic hydroxyl groups is 1. The van der Waals surface area contributed by atoms with Gasteiger partial charge in [0.25, 0.3) is 0 Å². The first-order chi connectivity index (χ1) is 8.79. The van der Waals surface area contributed by atoms with Gasteiger partial charge in [-0.25, -0.2) is 0 Å². The lowest BCUT2D eigenvalue weighted by atomic mass is 9.94. The molecule has 1 aromatic carbocycles. The molecular formula is C13H16O5. The summed E-state index contributed by atoms with van der Waals surface area (Å²) in [6, 6.07) is 3.62. The zero-order valence-corrected chi connectivity index (χ0v) is 10.2. The largest absolute Gasteiger partial charge is 0.493 e. The first kappa shape index (κ1) is 11.6. The summed E-state index contributed by atoms with van der Waals surface area (Å²) < 4.78 is 21.2. The smallest absolute Gasteiger partial charge is 0.231 e. The fraction of sp³-hybridized carbons (Fsp3) is 0.538. The van der Waals surface area contributed by atoms with Crippen LogP contribution in [0.1, 0.15) is 18.1 Å². The lowest BCUT2D eigenvalue weighted by Gasteiger charge is -2.18. The van der Waals surface area contributed by atoms with Crippen LogP contribution in [-0.4, -0.2) is 32.2 Å². The van der Waals surface area contributed by atoms with E-state index in [2.05, 4.69) is 0 Å². The predicted octanol–water partition coefficient (Wildman–Crippen LogP) is 1.49. The highest BCUT2D eigenvalue weighted by molar-refractivity contribution is 5.55. The molecular weight excluding hydrogens is 236 g/mol. The van der Waals surface area contributed by atoms with E-state index in [9.17, 15) is 5.11 Å². The Morgan fingerprint density at radius 3 is 3.00 bits per heavy atom. The maximum Gasteiger partial charge on any atom is 0.231 e. The molecule has 1 saturated heterocycles. The molecule has 0 aliphatic carbocycles. The molecule has 2 aliphatic heterocycles. The predicted molar refractivity (Wildman–Crippen MR) is 63.0 cm³/mol. The third kappa shape index (κ3) is 1.89. The zero-order chi connectivity index (χ0) is 12.5. The quantitative estimate of drug-likeness (QED) is 0.883. The van der Waals surface area contributed by atoms with E-state index in [4.69, 9.17) is 18.9 Å². The van der Waals surface area contributed by atoms with Crippen LogP contribution in [0.15, 0.2) is 12.1 Å². The normalized spacial score (nSPS) is 23.1. The van der Waals surface area contributed by atoms with Crippen LogP contribution in [0.25, 0.3) is 0 Å². The van der Waals surface area contributed by atoms with Crippen molar-refractivity contribution in [3.8, 4) is 17.2 Å². The minimum absolute atomic E-state index is 0.134. The lowest BCUT2D eigenvalue weighted by molar-refractivity contribution is 0.0914. The highest BCUT2D eigenvalue weighted by Crippen LogP contribution is 2.44. The average Bonchev–Trinajstić information content (AvgIpc) is 3.07. The highest BCUT2D eigenvalue weighted by atomic mass is 16.7. The van der Waals surface area contributed by atoms with Gasteiger partial charge in [-0.2, -0.15) is 0 Å². The molecule has 98 valence electrons. The second kappa shape index (κ2) is 4.66. The summed E-state index contributed by atoms with van der Waals surface area (Å²) >= 11 is 0. The van der Waals surface area contributed by atoms with E-state index in [-0.39, 0.29) is 12.7 Å². The van der Waals surface area contributed by atoms with Crippen LogP contribution in [0.4, 0.5) is 0 Å². The highest BCUT2D eigenvalue weighted by Gasteiger charge is 2.28.